The molecule has 0 aliphatic rings. The molecule has 0 fully saturated rings. The first kappa shape index (κ1) is 12.3. The minimum atomic E-state index is 0.162. The van der Waals surface area contributed by atoms with Gasteiger partial charge in [0.1, 0.15) is 0 Å². The number of aromatic nitrogens is 3. The van der Waals surface area contributed by atoms with Gasteiger partial charge in [-0.15, -0.1) is 0 Å². The van der Waals surface area contributed by atoms with E-state index in [1.54, 1.807) is 0 Å². The van der Waals surface area contributed by atoms with Gasteiger partial charge >= 0.3 is 6.01 Å². The van der Waals surface area contributed by atoms with Crippen molar-refractivity contribution < 1.29 is 4.74 Å². The maximum absolute atomic E-state index is 5.65. The third kappa shape index (κ3) is 2.25. The van der Waals surface area contributed by atoms with E-state index >= 15 is 0 Å². The monoisotopic (exact) mass is 244 g/mol. The molecular formula is C13H16N4O. The molecule has 5 nitrogen and oxygen atoms in total. The van der Waals surface area contributed by atoms with Gasteiger partial charge in [0.2, 0.25) is 5.95 Å². The summed E-state index contributed by atoms with van der Waals surface area (Å²) in [5.74, 6) is 0.703. The largest absolute Gasteiger partial charge is 0.467 e. The summed E-state index contributed by atoms with van der Waals surface area (Å²) in [6.07, 6.45) is 0. The second-order valence-corrected chi connectivity index (χ2v) is 4.26. The number of nitrogens with two attached hydrogens (primary N) is 1. The zero-order valence-corrected chi connectivity index (χ0v) is 11.0. The van der Waals surface area contributed by atoms with E-state index in [-0.39, 0.29) is 12.0 Å². The van der Waals surface area contributed by atoms with Crippen LogP contribution in [0.3, 0.4) is 0 Å². The fourth-order valence-electron chi connectivity index (χ4n) is 1.79. The molecule has 1 heterocycles. The molecule has 0 saturated carbocycles. The van der Waals surface area contributed by atoms with Crippen molar-refractivity contribution >= 4 is 5.95 Å². The van der Waals surface area contributed by atoms with Crippen molar-refractivity contribution in [1.29, 1.82) is 0 Å². The molecule has 2 aromatic rings. The SMILES string of the molecule is COc1nc(N)nc(-c2cc(C)c(C)cc2C)n1. The molecule has 0 aliphatic carbocycles. The lowest BCUT2D eigenvalue weighted by Crippen LogP contribution is -2.03. The van der Waals surface area contributed by atoms with E-state index in [1.165, 1.54) is 18.2 Å². The van der Waals surface area contributed by atoms with Crippen LogP contribution in [0.2, 0.25) is 0 Å². The zero-order valence-electron chi connectivity index (χ0n) is 11.0. The molecule has 18 heavy (non-hydrogen) atoms. The predicted molar refractivity (Wildman–Crippen MR) is 70.4 cm³/mol. The lowest BCUT2D eigenvalue weighted by atomic mass is 10.0. The summed E-state index contributed by atoms with van der Waals surface area (Å²) in [4.78, 5) is 12.3. The van der Waals surface area contributed by atoms with Crippen molar-refractivity contribution in [2.45, 2.75) is 20.8 Å². The van der Waals surface area contributed by atoms with Gasteiger partial charge in [-0.2, -0.15) is 15.0 Å². The molecule has 0 saturated heterocycles. The van der Waals surface area contributed by atoms with Crippen LogP contribution in [0, 0.1) is 20.8 Å². The zero-order chi connectivity index (χ0) is 13.3. The van der Waals surface area contributed by atoms with Crippen molar-refractivity contribution in [1.82, 2.24) is 15.0 Å². The lowest BCUT2D eigenvalue weighted by Gasteiger charge is -2.09. The number of rotatable bonds is 2. The number of aryl methyl sites for hydroxylation is 3. The molecule has 0 spiro atoms. The fourth-order valence-corrected chi connectivity index (χ4v) is 1.79. The Bertz CT molecular complexity index is 596. The topological polar surface area (TPSA) is 73.9 Å². The Hall–Kier alpha value is -2.17. The van der Waals surface area contributed by atoms with Crippen LogP contribution in [0.4, 0.5) is 5.95 Å². The summed E-state index contributed by atoms with van der Waals surface area (Å²) >= 11 is 0. The molecule has 94 valence electrons. The highest BCUT2D eigenvalue weighted by atomic mass is 16.5. The fraction of sp³-hybridized carbons (Fsp3) is 0.308. The van der Waals surface area contributed by atoms with Crippen LogP contribution < -0.4 is 10.5 Å². The molecule has 1 aromatic heterocycles. The maximum Gasteiger partial charge on any atom is 0.321 e. The number of methoxy groups -OCH3 is 1. The summed E-state index contributed by atoms with van der Waals surface area (Å²) in [5, 5.41) is 0. The Morgan fingerprint density at radius 2 is 1.61 bits per heavy atom. The smallest absolute Gasteiger partial charge is 0.321 e. The average molecular weight is 244 g/mol. The molecule has 0 aliphatic heterocycles. The first-order chi connectivity index (χ1) is 8.51. The lowest BCUT2D eigenvalue weighted by molar-refractivity contribution is 0.379. The van der Waals surface area contributed by atoms with Gasteiger partial charge in [0.05, 0.1) is 7.11 Å². The van der Waals surface area contributed by atoms with Gasteiger partial charge in [0, 0.05) is 5.56 Å². The molecule has 5 heteroatoms. The quantitative estimate of drug-likeness (QED) is 0.875. The van der Waals surface area contributed by atoms with E-state index in [2.05, 4.69) is 40.9 Å². The molecule has 0 radical (unpaired) electrons. The standard InChI is InChI=1S/C13H16N4O/c1-7-5-9(3)10(6-8(7)2)11-15-12(14)17-13(16-11)18-4/h5-6H,1-4H3,(H2,14,15,16,17). The summed E-state index contributed by atoms with van der Waals surface area (Å²) in [6, 6.07) is 4.39. The molecule has 1 aromatic carbocycles. The highest BCUT2D eigenvalue weighted by molar-refractivity contribution is 5.63. The second kappa shape index (κ2) is 4.60. The number of benzene rings is 1. The number of anilines is 1. The Kier molecular flexibility index (Phi) is 3.14. The third-order valence-corrected chi connectivity index (χ3v) is 2.90. The number of nitrogens with zero attached hydrogens (tertiary/aromatic N) is 3. The molecule has 0 amide bonds. The van der Waals surface area contributed by atoms with Crippen LogP contribution >= 0.6 is 0 Å². The van der Waals surface area contributed by atoms with Gasteiger partial charge in [0.25, 0.3) is 0 Å². The Balaban J connectivity index is 2.61. The number of hydrogen-bond donors (Lipinski definition) is 1. The predicted octanol–water partition coefficient (Wildman–Crippen LogP) is 2.05. The Morgan fingerprint density at radius 3 is 2.28 bits per heavy atom. The van der Waals surface area contributed by atoms with Crippen molar-refractivity contribution in [3.8, 4) is 17.4 Å². The van der Waals surface area contributed by atoms with E-state index in [1.807, 2.05) is 6.92 Å². The second-order valence-electron chi connectivity index (χ2n) is 4.26. The van der Waals surface area contributed by atoms with Crippen LogP contribution in [-0.2, 0) is 0 Å². The number of ether oxygens (including phenoxy) is 1. The van der Waals surface area contributed by atoms with Gasteiger partial charge in [0.15, 0.2) is 5.82 Å². The third-order valence-electron chi connectivity index (χ3n) is 2.90. The minimum Gasteiger partial charge on any atom is -0.467 e. The van der Waals surface area contributed by atoms with Gasteiger partial charge in [-0.3, -0.25) is 0 Å². The molecule has 0 atom stereocenters. The van der Waals surface area contributed by atoms with Crippen molar-refractivity contribution in [3.05, 3.63) is 28.8 Å². The summed E-state index contributed by atoms with van der Waals surface area (Å²) < 4.78 is 5.01. The van der Waals surface area contributed by atoms with Crippen LogP contribution in [0.25, 0.3) is 11.4 Å². The van der Waals surface area contributed by atoms with Crippen molar-refractivity contribution in [2.75, 3.05) is 12.8 Å². The van der Waals surface area contributed by atoms with E-state index in [4.69, 9.17) is 10.5 Å². The van der Waals surface area contributed by atoms with Crippen LogP contribution in [0.5, 0.6) is 6.01 Å². The van der Waals surface area contributed by atoms with Crippen LogP contribution in [-0.4, -0.2) is 22.1 Å². The van der Waals surface area contributed by atoms with Gasteiger partial charge < -0.3 is 10.5 Å². The number of hydrogen-bond acceptors (Lipinski definition) is 5. The molecular weight excluding hydrogens is 228 g/mol. The molecule has 2 N–H and O–H groups in total. The first-order valence-corrected chi connectivity index (χ1v) is 5.65. The summed E-state index contributed by atoms with van der Waals surface area (Å²) in [7, 11) is 1.51. The highest BCUT2D eigenvalue weighted by Gasteiger charge is 2.10. The van der Waals surface area contributed by atoms with E-state index < -0.39 is 0 Å². The van der Waals surface area contributed by atoms with E-state index in [0.29, 0.717) is 5.82 Å². The van der Waals surface area contributed by atoms with Gasteiger partial charge in [-0.25, -0.2) is 0 Å². The minimum absolute atomic E-state index is 0.162. The van der Waals surface area contributed by atoms with E-state index in [0.717, 1.165) is 11.1 Å². The molecule has 0 unspecified atom stereocenters. The molecule has 0 bridgehead atoms. The van der Waals surface area contributed by atoms with Crippen molar-refractivity contribution in [2.24, 2.45) is 0 Å². The van der Waals surface area contributed by atoms with Gasteiger partial charge in [-0.1, -0.05) is 6.07 Å². The Morgan fingerprint density at radius 1 is 0.944 bits per heavy atom. The van der Waals surface area contributed by atoms with Crippen LogP contribution in [0.1, 0.15) is 16.7 Å². The van der Waals surface area contributed by atoms with Gasteiger partial charge in [-0.05, 0) is 43.5 Å². The van der Waals surface area contributed by atoms with E-state index in [9.17, 15) is 0 Å². The summed E-state index contributed by atoms with van der Waals surface area (Å²) in [5.41, 5.74) is 10.1. The number of nitrogen functional groups attached to an aromatic ring is 1. The van der Waals surface area contributed by atoms with Crippen molar-refractivity contribution in [3.63, 3.8) is 0 Å². The first-order valence-electron chi connectivity index (χ1n) is 5.65. The maximum atomic E-state index is 5.65. The normalized spacial score (nSPS) is 10.4. The highest BCUT2D eigenvalue weighted by Crippen LogP contribution is 2.24. The molecule has 2 rings (SSSR count). The van der Waals surface area contributed by atoms with Crippen LogP contribution in [0.15, 0.2) is 12.1 Å². The summed E-state index contributed by atoms with van der Waals surface area (Å²) in [6.45, 7) is 6.16. The average Bonchev–Trinajstić information content (AvgIpc) is 2.33. The Labute approximate surface area is 106 Å².